The summed E-state index contributed by atoms with van der Waals surface area (Å²) in [6.45, 7) is 0. The van der Waals surface area contributed by atoms with Gasteiger partial charge in [-0.2, -0.15) is 0 Å². The maximum Gasteiger partial charge on any atom is 0.221 e. The Morgan fingerprint density at radius 1 is 0.708 bits per heavy atom. The minimum absolute atomic E-state index is 0.0663. The fourth-order valence-corrected chi connectivity index (χ4v) is 2.79. The van der Waals surface area contributed by atoms with Crippen LogP contribution >= 0.6 is 0 Å². The number of carbonyl (C=O) groups excluding carboxylic acids is 1. The maximum absolute atomic E-state index is 12.5. The standard InChI is InChI=1S/C22H21NO/c24-21(17-16-18-10-4-1-5-11-18)23-22(19-12-6-2-7-13-19)20-14-8-3-9-15-20/h1-15,22H,16-17H2,(H,23,24). The SMILES string of the molecule is O=C(CCc1ccccc1)NC(c1ccccc1)c1ccccc1. The fraction of sp³-hybridized carbons (Fsp3) is 0.136. The number of rotatable bonds is 6. The van der Waals surface area contributed by atoms with E-state index in [9.17, 15) is 4.79 Å². The van der Waals surface area contributed by atoms with Crippen LogP contribution in [-0.4, -0.2) is 5.91 Å². The molecule has 1 amide bonds. The summed E-state index contributed by atoms with van der Waals surface area (Å²) >= 11 is 0. The predicted molar refractivity (Wildman–Crippen MR) is 97.6 cm³/mol. The number of amides is 1. The average Bonchev–Trinajstić information content (AvgIpc) is 2.67. The van der Waals surface area contributed by atoms with Gasteiger partial charge in [-0.3, -0.25) is 4.79 Å². The number of benzene rings is 3. The maximum atomic E-state index is 12.5. The van der Waals surface area contributed by atoms with Crippen molar-refractivity contribution in [2.45, 2.75) is 18.9 Å². The Hall–Kier alpha value is -2.87. The molecule has 0 fully saturated rings. The van der Waals surface area contributed by atoms with Gasteiger partial charge in [-0.15, -0.1) is 0 Å². The molecule has 0 saturated heterocycles. The molecule has 0 aromatic heterocycles. The van der Waals surface area contributed by atoms with Crippen LogP contribution in [0.15, 0.2) is 91.0 Å². The minimum Gasteiger partial charge on any atom is -0.345 e. The molecule has 0 aliphatic rings. The van der Waals surface area contributed by atoms with Crippen molar-refractivity contribution in [1.82, 2.24) is 5.32 Å². The highest BCUT2D eigenvalue weighted by Crippen LogP contribution is 2.22. The summed E-state index contributed by atoms with van der Waals surface area (Å²) in [5, 5.41) is 3.18. The quantitative estimate of drug-likeness (QED) is 0.711. The summed E-state index contributed by atoms with van der Waals surface area (Å²) in [6, 6.07) is 30.2. The van der Waals surface area contributed by atoms with Gasteiger partial charge in [0.25, 0.3) is 0 Å². The highest BCUT2D eigenvalue weighted by Gasteiger charge is 2.16. The second kappa shape index (κ2) is 8.11. The molecule has 24 heavy (non-hydrogen) atoms. The van der Waals surface area contributed by atoms with E-state index < -0.39 is 0 Å². The zero-order valence-corrected chi connectivity index (χ0v) is 13.6. The molecule has 0 spiro atoms. The van der Waals surface area contributed by atoms with Crippen LogP contribution in [0.4, 0.5) is 0 Å². The molecule has 1 N–H and O–H groups in total. The normalized spacial score (nSPS) is 10.5. The second-order valence-corrected chi connectivity index (χ2v) is 5.81. The summed E-state index contributed by atoms with van der Waals surface area (Å²) in [5.41, 5.74) is 3.37. The second-order valence-electron chi connectivity index (χ2n) is 5.81. The lowest BCUT2D eigenvalue weighted by Crippen LogP contribution is -2.29. The molecular weight excluding hydrogens is 294 g/mol. The molecule has 120 valence electrons. The van der Waals surface area contributed by atoms with Gasteiger partial charge in [-0.05, 0) is 23.1 Å². The van der Waals surface area contributed by atoms with Gasteiger partial charge in [0.05, 0.1) is 6.04 Å². The number of hydrogen-bond donors (Lipinski definition) is 1. The summed E-state index contributed by atoms with van der Waals surface area (Å²) in [7, 11) is 0. The first-order chi connectivity index (χ1) is 11.8. The Labute approximate surface area is 143 Å². The predicted octanol–water partition coefficient (Wildman–Crippen LogP) is 4.53. The van der Waals surface area contributed by atoms with Crippen molar-refractivity contribution in [2.24, 2.45) is 0 Å². The van der Waals surface area contributed by atoms with Gasteiger partial charge in [0, 0.05) is 6.42 Å². The van der Waals surface area contributed by atoms with Gasteiger partial charge in [-0.25, -0.2) is 0 Å². The minimum atomic E-state index is -0.115. The number of carbonyl (C=O) groups is 1. The van der Waals surface area contributed by atoms with E-state index in [4.69, 9.17) is 0 Å². The van der Waals surface area contributed by atoms with Gasteiger partial charge in [0.2, 0.25) is 5.91 Å². The monoisotopic (exact) mass is 315 g/mol. The zero-order chi connectivity index (χ0) is 16.6. The van der Waals surface area contributed by atoms with Gasteiger partial charge >= 0.3 is 0 Å². The lowest BCUT2D eigenvalue weighted by molar-refractivity contribution is -0.121. The van der Waals surface area contributed by atoms with Crippen LogP contribution in [0.2, 0.25) is 0 Å². The molecule has 3 rings (SSSR count). The third-order valence-electron chi connectivity index (χ3n) is 4.05. The van der Waals surface area contributed by atoms with Crippen molar-refractivity contribution in [3.8, 4) is 0 Å². The summed E-state index contributed by atoms with van der Waals surface area (Å²) in [4.78, 5) is 12.5. The molecule has 0 unspecified atom stereocenters. The van der Waals surface area contributed by atoms with E-state index in [0.717, 1.165) is 17.5 Å². The van der Waals surface area contributed by atoms with E-state index in [2.05, 4.69) is 41.7 Å². The van der Waals surface area contributed by atoms with Crippen LogP contribution in [0.1, 0.15) is 29.2 Å². The molecule has 0 aliphatic heterocycles. The van der Waals surface area contributed by atoms with Gasteiger partial charge in [-0.1, -0.05) is 91.0 Å². The topological polar surface area (TPSA) is 29.1 Å². The first-order valence-electron chi connectivity index (χ1n) is 8.26. The van der Waals surface area contributed by atoms with Gasteiger partial charge in [0.15, 0.2) is 0 Å². The molecule has 2 heteroatoms. The van der Waals surface area contributed by atoms with Gasteiger partial charge < -0.3 is 5.32 Å². The van der Waals surface area contributed by atoms with Crippen molar-refractivity contribution in [3.63, 3.8) is 0 Å². The van der Waals surface area contributed by atoms with Crippen molar-refractivity contribution < 1.29 is 4.79 Å². The van der Waals surface area contributed by atoms with Crippen LogP contribution < -0.4 is 5.32 Å². The van der Waals surface area contributed by atoms with Crippen molar-refractivity contribution in [2.75, 3.05) is 0 Å². The number of nitrogens with one attached hydrogen (secondary N) is 1. The van der Waals surface area contributed by atoms with E-state index in [-0.39, 0.29) is 11.9 Å². The molecule has 0 bridgehead atoms. The van der Waals surface area contributed by atoms with Crippen LogP contribution in [0.25, 0.3) is 0 Å². The Morgan fingerprint density at radius 2 is 1.17 bits per heavy atom. The van der Waals surface area contributed by atoms with Crippen LogP contribution in [0.5, 0.6) is 0 Å². The lowest BCUT2D eigenvalue weighted by Gasteiger charge is -2.20. The molecule has 0 atom stereocenters. The van der Waals surface area contributed by atoms with Gasteiger partial charge in [0.1, 0.15) is 0 Å². The molecular formula is C22H21NO. The molecule has 3 aromatic rings. The average molecular weight is 315 g/mol. The first kappa shape index (κ1) is 16.0. The van der Waals surface area contributed by atoms with E-state index in [1.165, 1.54) is 5.56 Å². The van der Waals surface area contributed by atoms with E-state index in [1.807, 2.05) is 54.6 Å². The third-order valence-corrected chi connectivity index (χ3v) is 4.05. The molecule has 3 aromatic carbocycles. The largest absolute Gasteiger partial charge is 0.345 e. The zero-order valence-electron chi connectivity index (χ0n) is 13.6. The van der Waals surface area contributed by atoms with Crippen molar-refractivity contribution >= 4 is 5.91 Å². The lowest BCUT2D eigenvalue weighted by atomic mass is 9.98. The molecule has 0 heterocycles. The third kappa shape index (κ3) is 4.32. The van der Waals surface area contributed by atoms with E-state index in [1.54, 1.807) is 0 Å². The van der Waals surface area contributed by atoms with E-state index >= 15 is 0 Å². The summed E-state index contributed by atoms with van der Waals surface area (Å²) in [5.74, 6) is 0.0663. The smallest absolute Gasteiger partial charge is 0.221 e. The Kier molecular flexibility index (Phi) is 5.41. The number of hydrogen-bond acceptors (Lipinski definition) is 1. The van der Waals surface area contributed by atoms with Crippen molar-refractivity contribution in [3.05, 3.63) is 108 Å². The number of aryl methyl sites for hydroxylation is 1. The Morgan fingerprint density at radius 3 is 1.67 bits per heavy atom. The first-order valence-corrected chi connectivity index (χ1v) is 8.26. The van der Waals surface area contributed by atoms with Crippen LogP contribution in [0, 0.1) is 0 Å². The van der Waals surface area contributed by atoms with Crippen molar-refractivity contribution in [1.29, 1.82) is 0 Å². The highest BCUT2D eigenvalue weighted by atomic mass is 16.1. The summed E-state index contributed by atoms with van der Waals surface area (Å²) in [6.07, 6.45) is 1.24. The fourth-order valence-electron chi connectivity index (χ4n) is 2.79. The highest BCUT2D eigenvalue weighted by molar-refractivity contribution is 5.77. The molecule has 0 aliphatic carbocycles. The summed E-state index contributed by atoms with van der Waals surface area (Å²) < 4.78 is 0. The van der Waals surface area contributed by atoms with E-state index in [0.29, 0.717) is 6.42 Å². The Balaban J connectivity index is 1.71. The molecule has 2 nitrogen and oxygen atoms in total. The Bertz CT molecular complexity index is 714. The van der Waals surface area contributed by atoms with Crippen LogP contribution in [-0.2, 0) is 11.2 Å². The molecule has 0 saturated carbocycles. The van der Waals surface area contributed by atoms with Crippen LogP contribution in [0.3, 0.4) is 0 Å². The molecule has 0 radical (unpaired) electrons.